The van der Waals surface area contributed by atoms with E-state index in [0.717, 1.165) is 27.5 Å². The summed E-state index contributed by atoms with van der Waals surface area (Å²) in [5.74, 6) is 0.763. The molecule has 0 amide bonds. The van der Waals surface area contributed by atoms with E-state index in [1.165, 1.54) is 0 Å². The van der Waals surface area contributed by atoms with E-state index in [4.69, 9.17) is 5.73 Å². The normalized spacial score (nSPS) is 12.4. The summed E-state index contributed by atoms with van der Waals surface area (Å²) in [7, 11) is 0. The van der Waals surface area contributed by atoms with E-state index < -0.39 is 0 Å². The van der Waals surface area contributed by atoms with Gasteiger partial charge in [-0.1, -0.05) is 30.0 Å². The molecule has 2 aromatic heterocycles. The number of thioether (sulfide) groups is 1. The average molecular weight is 286 g/mol. The van der Waals surface area contributed by atoms with E-state index in [2.05, 4.69) is 34.3 Å². The van der Waals surface area contributed by atoms with Gasteiger partial charge in [-0.25, -0.2) is 9.97 Å². The molecular formula is C15H18N4S. The molecular weight excluding hydrogens is 268 g/mol. The lowest BCUT2D eigenvalue weighted by Gasteiger charge is -2.21. The summed E-state index contributed by atoms with van der Waals surface area (Å²) in [6, 6.07) is 10.1. The van der Waals surface area contributed by atoms with E-state index in [1.807, 2.05) is 31.2 Å². The Morgan fingerprint density at radius 3 is 2.70 bits per heavy atom. The van der Waals surface area contributed by atoms with Gasteiger partial charge in [0.25, 0.3) is 0 Å². The summed E-state index contributed by atoms with van der Waals surface area (Å²) in [5.41, 5.74) is 8.91. The molecule has 0 saturated carbocycles. The average Bonchev–Trinajstić information content (AvgIpc) is 2.76. The third-order valence-corrected chi connectivity index (χ3v) is 4.69. The number of nitrogens with zero attached hydrogens (tertiary/aromatic N) is 3. The smallest absolute Gasteiger partial charge is 0.236 e. The Bertz CT molecular complexity index is 776. The first-order chi connectivity index (χ1) is 9.52. The maximum atomic E-state index is 5.86. The molecule has 0 unspecified atom stereocenters. The summed E-state index contributed by atoms with van der Waals surface area (Å²) in [5, 5.41) is 1.13. The zero-order chi connectivity index (χ0) is 14.3. The van der Waals surface area contributed by atoms with Crippen LogP contribution in [-0.4, -0.2) is 25.7 Å². The summed E-state index contributed by atoms with van der Waals surface area (Å²) in [4.78, 5) is 9.18. The molecule has 0 saturated heterocycles. The van der Waals surface area contributed by atoms with Crippen LogP contribution in [0.15, 0.2) is 35.4 Å². The summed E-state index contributed by atoms with van der Waals surface area (Å²) >= 11 is 1.76. The van der Waals surface area contributed by atoms with Crippen LogP contribution in [0.3, 0.4) is 0 Å². The predicted molar refractivity (Wildman–Crippen MR) is 84.2 cm³/mol. The van der Waals surface area contributed by atoms with E-state index in [-0.39, 0.29) is 4.75 Å². The third kappa shape index (κ3) is 2.17. The minimum Gasteiger partial charge on any atom is -0.329 e. The lowest BCUT2D eigenvalue weighted by atomic mass is 10.2. The molecule has 5 heteroatoms. The maximum absolute atomic E-state index is 5.86. The van der Waals surface area contributed by atoms with Gasteiger partial charge in [-0.15, -0.1) is 0 Å². The Hall–Kier alpha value is -1.59. The second-order valence-corrected chi connectivity index (χ2v) is 7.19. The van der Waals surface area contributed by atoms with Crippen molar-refractivity contribution in [1.82, 2.24) is 14.4 Å². The Kier molecular flexibility index (Phi) is 3.18. The molecule has 4 nitrogen and oxygen atoms in total. The van der Waals surface area contributed by atoms with Gasteiger partial charge >= 0.3 is 0 Å². The molecule has 2 heterocycles. The molecule has 0 atom stereocenters. The fourth-order valence-corrected chi connectivity index (χ4v) is 3.21. The van der Waals surface area contributed by atoms with E-state index in [1.54, 1.807) is 11.8 Å². The third-order valence-electron chi connectivity index (χ3n) is 3.30. The largest absolute Gasteiger partial charge is 0.329 e. The first-order valence-corrected chi connectivity index (χ1v) is 7.46. The van der Waals surface area contributed by atoms with E-state index in [0.29, 0.717) is 6.54 Å². The van der Waals surface area contributed by atoms with E-state index >= 15 is 0 Å². The minimum atomic E-state index is -0.0265. The lowest BCUT2D eigenvalue weighted by molar-refractivity contribution is 0.720. The molecule has 0 bridgehead atoms. The summed E-state index contributed by atoms with van der Waals surface area (Å²) in [6.07, 6.45) is 0. The molecule has 1 aromatic carbocycles. The van der Waals surface area contributed by atoms with Gasteiger partial charge in [0.2, 0.25) is 5.78 Å². The Morgan fingerprint density at radius 2 is 1.95 bits per heavy atom. The number of hydrogen-bond donors (Lipinski definition) is 1. The van der Waals surface area contributed by atoms with Crippen LogP contribution in [0.2, 0.25) is 0 Å². The van der Waals surface area contributed by atoms with Crippen molar-refractivity contribution < 1.29 is 0 Å². The van der Waals surface area contributed by atoms with E-state index in [9.17, 15) is 0 Å². The zero-order valence-electron chi connectivity index (χ0n) is 11.9. The van der Waals surface area contributed by atoms with Crippen LogP contribution >= 0.6 is 11.8 Å². The monoisotopic (exact) mass is 286 g/mol. The Balaban J connectivity index is 2.28. The van der Waals surface area contributed by atoms with Gasteiger partial charge in [-0.05, 0) is 32.9 Å². The molecule has 0 aliphatic heterocycles. The fraction of sp³-hybridized carbons (Fsp3) is 0.333. The van der Waals surface area contributed by atoms with Crippen molar-refractivity contribution in [2.75, 3.05) is 6.54 Å². The summed E-state index contributed by atoms with van der Waals surface area (Å²) in [6.45, 7) is 6.94. The second kappa shape index (κ2) is 4.75. The van der Waals surface area contributed by atoms with Crippen LogP contribution in [0.1, 0.15) is 19.5 Å². The number of imidazole rings is 2. The van der Waals surface area contributed by atoms with Crippen molar-refractivity contribution in [3.05, 3.63) is 36.0 Å². The van der Waals surface area contributed by atoms with Crippen LogP contribution in [0.25, 0.3) is 16.8 Å². The van der Waals surface area contributed by atoms with Crippen molar-refractivity contribution in [3.63, 3.8) is 0 Å². The molecule has 0 radical (unpaired) electrons. The van der Waals surface area contributed by atoms with Crippen molar-refractivity contribution in [2.45, 2.75) is 30.5 Å². The molecule has 2 N–H and O–H groups in total. The number of aryl methyl sites for hydroxylation is 1. The summed E-state index contributed by atoms with van der Waals surface area (Å²) < 4.78 is 2.11. The Labute approximate surface area is 122 Å². The van der Waals surface area contributed by atoms with Gasteiger partial charge in [0.1, 0.15) is 5.03 Å². The second-order valence-electron chi connectivity index (χ2n) is 5.50. The van der Waals surface area contributed by atoms with Gasteiger partial charge in [0, 0.05) is 11.3 Å². The van der Waals surface area contributed by atoms with Crippen LogP contribution in [0.5, 0.6) is 0 Å². The maximum Gasteiger partial charge on any atom is 0.236 e. The van der Waals surface area contributed by atoms with Gasteiger partial charge in [-0.3, -0.25) is 4.40 Å². The SMILES string of the molecule is Cc1nc2nc3cccccc3n2c1SC(C)(C)CN. The van der Waals surface area contributed by atoms with Gasteiger partial charge in [0.15, 0.2) is 0 Å². The molecule has 3 rings (SSSR count). The van der Waals surface area contributed by atoms with Crippen LogP contribution in [0.4, 0.5) is 0 Å². The van der Waals surface area contributed by atoms with Crippen LogP contribution in [-0.2, 0) is 0 Å². The molecule has 20 heavy (non-hydrogen) atoms. The number of hydrogen-bond acceptors (Lipinski definition) is 4. The Morgan fingerprint density at radius 1 is 1.20 bits per heavy atom. The predicted octanol–water partition coefficient (Wildman–Crippen LogP) is 3.02. The first-order valence-electron chi connectivity index (χ1n) is 6.65. The number of nitrogens with two attached hydrogens (primary N) is 1. The van der Waals surface area contributed by atoms with Gasteiger partial charge in [-0.2, -0.15) is 0 Å². The lowest BCUT2D eigenvalue weighted by Crippen LogP contribution is -2.26. The zero-order valence-corrected chi connectivity index (χ0v) is 12.7. The molecule has 0 fully saturated rings. The number of fused-ring (bicyclic) bond motifs is 3. The van der Waals surface area contributed by atoms with Crippen molar-refractivity contribution >= 4 is 28.6 Å². The van der Waals surface area contributed by atoms with Crippen molar-refractivity contribution in [1.29, 1.82) is 0 Å². The topological polar surface area (TPSA) is 56.2 Å². The fourth-order valence-electron chi connectivity index (χ4n) is 2.14. The van der Waals surface area contributed by atoms with Crippen LogP contribution < -0.4 is 5.73 Å². The number of aromatic nitrogens is 3. The minimum absolute atomic E-state index is 0.0265. The number of rotatable bonds is 3. The molecule has 0 aliphatic carbocycles. The molecule has 0 aliphatic rings. The van der Waals surface area contributed by atoms with Gasteiger partial charge < -0.3 is 5.73 Å². The highest BCUT2D eigenvalue weighted by molar-refractivity contribution is 8.00. The van der Waals surface area contributed by atoms with Gasteiger partial charge in [0.05, 0.1) is 16.7 Å². The van der Waals surface area contributed by atoms with Crippen LogP contribution in [0, 0.1) is 6.92 Å². The first kappa shape index (κ1) is 13.4. The molecule has 3 aromatic rings. The highest BCUT2D eigenvalue weighted by Gasteiger charge is 2.23. The highest BCUT2D eigenvalue weighted by atomic mass is 32.2. The quantitative estimate of drug-likeness (QED) is 0.752. The highest BCUT2D eigenvalue weighted by Crippen LogP contribution is 2.35. The molecule has 0 spiro atoms. The molecule has 104 valence electrons. The van der Waals surface area contributed by atoms with Crippen molar-refractivity contribution in [2.24, 2.45) is 5.73 Å². The standard InChI is InChI=1S/C15H18N4S/c1-10-13(20-15(2,3)9-16)19-12-8-6-4-5-7-11(12)18-14(19)17-10/h4-8H,9,16H2,1-3H3. The van der Waals surface area contributed by atoms with Crippen molar-refractivity contribution in [3.8, 4) is 0 Å².